The van der Waals surface area contributed by atoms with Crippen LogP contribution in [0.2, 0.25) is 0 Å². The lowest BCUT2D eigenvalue weighted by Crippen LogP contribution is -2.32. The average Bonchev–Trinajstić information content (AvgIpc) is 2.46. The van der Waals surface area contributed by atoms with E-state index in [2.05, 4.69) is 0 Å². The molecule has 0 aliphatic carbocycles. The predicted octanol–water partition coefficient (Wildman–Crippen LogP) is 2.39. The van der Waals surface area contributed by atoms with Gasteiger partial charge in [-0.25, -0.2) is 4.67 Å². The Hall–Kier alpha value is -1.16. The molecule has 2 rings (SSSR count). The van der Waals surface area contributed by atoms with Gasteiger partial charge >= 0.3 is 5.97 Å². The molecule has 0 amide bonds. The molecular weight excluding hydrogens is 265 g/mol. The lowest BCUT2D eigenvalue weighted by atomic mass is 9.99. The van der Waals surface area contributed by atoms with Crippen LogP contribution in [0.15, 0.2) is 30.3 Å². The van der Waals surface area contributed by atoms with E-state index in [-0.39, 0.29) is 5.92 Å². The maximum absolute atomic E-state index is 12.0. The molecule has 0 aromatic heterocycles. The summed E-state index contributed by atoms with van der Waals surface area (Å²) in [6.45, 7) is 1.39. The van der Waals surface area contributed by atoms with E-state index in [0.717, 1.165) is 5.56 Å². The number of hydrogen-bond donors (Lipinski definition) is 1. The lowest BCUT2D eigenvalue weighted by molar-refractivity contribution is -0.142. The highest BCUT2D eigenvalue weighted by Gasteiger charge is 2.26. The van der Waals surface area contributed by atoms with Gasteiger partial charge in [0.2, 0.25) is 0 Å². The van der Waals surface area contributed by atoms with Crippen LogP contribution < -0.4 is 0 Å². The first kappa shape index (κ1) is 14.3. The highest BCUT2D eigenvalue weighted by atomic mass is 31.1. The minimum atomic E-state index is -2.25. The van der Waals surface area contributed by atoms with Crippen molar-refractivity contribution in [2.45, 2.75) is 19.4 Å². The fourth-order valence-corrected chi connectivity index (χ4v) is 3.22. The monoisotopic (exact) mass is 283 g/mol. The Morgan fingerprint density at radius 1 is 1.32 bits per heavy atom. The van der Waals surface area contributed by atoms with Crippen LogP contribution in [0.3, 0.4) is 0 Å². The molecule has 0 saturated carbocycles. The van der Waals surface area contributed by atoms with E-state index in [1.807, 2.05) is 30.3 Å². The van der Waals surface area contributed by atoms with E-state index in [1.165, 1.54) is 0 Å². The summed E-state index contributed by atoms with van der Waals surface area (Å²) in [6, 6.07) is 9.59. The molecule has 1 unspecified atom stereocenters. The molecule has 1 aliphatic heterocycles. The first-order valence-electron chi connectivity index (χ1n) is 6.35. The number of carboxylic acids is 1. The Labute approximate surface area is 113 Å². The zero-order chi connectivity index (χ0) is 13.7. The number of hydrogen-bond acceptors (Lipinski definition) is 3. The van der Waals surface area contributed by atoms with Gasteiger partial charge in [0, 0.05) is 13.1 Å². The second kappa shape index (κ2) is 6.85. The van der Waals surface area contributed by atoms with Gasteiger partial charge in [0.1, 0.15) is 0 Å². The molecule has 1 aromatic carbocycles. The molecule has 1 aliphatic rings. The van der Waals surface area contributed by atoms with E-state index in [9.17, 15) is 9.36 Å². The first-order valence-corrected chi connectivity index (χ1v) is 7.61. The van der Waals surface area contributed by atoms with E-state index in [1.54, 1.807) is 4.67 Å². The normalized spacial score (nSPS) is 19.2. The zero-order valence-electron chi connectivity index (χ0n) is 10.6. The summed E-state index contributed by atoms with van der Waals surface area (Å²) >= 11 is 0. The lowest BCUT2D eigenvalue weighted by Gasteiger charge is -2.28. The van der Waals surface area contributed by atoms with Gasteiger partial charge in [0.15, 0.2) is 0 Å². The summed E-state index contributed by atoms with van der Waals surface area (Å²) in [4.78, 5) is 10.8. The minimum Gasteiger partial charge on any atom is -0.481 e. The second-order valence-corrected chi connectivity index (χ2v) is 6.09. The van der Waals surface area contributed by atoms with E-state index >= 15 is 0 Å². The van der Waals surface area contributed by atoms with Crippen LogP contribution in [0.1, 0.15) is 18.4 Å². The molecule has 1 saturated heterocycles. The van der Waals surface area contributed by atoms with Crippen molar-refractivity contribution in [1.82, 2.24) is 4.67 Å². The third-order valence-corrected chi connectivity index (χ3v) is 4.66. The van der Waals surface area contributed by atoms with Crippen molar-refractivity contribution in [2.75, 3.05) is 13.1 Å². The van der Waals surface area contributed by atoms with E-state index in [4.69, 9.17) is 9.63 Å². The molecule has 1 N–H and O–H groups in total. The van der Waals surface area contributed by atoms with Crippen LogP contribution in [-0.2, 0) is 20.5 Å². The Bertz CT molecular complexity index is 443. The van der Waals surface area contributed by atoms with E-state index in [0.29, 0.717) is 32.5 Å². The van der Waals surface area contributed by atoms with Crippen LogP contribution in [0.25, 0.3) is 0 Å². The van der Waals surface area contributed by atoms with Gasteiger partial charge < -0.3 is 9.63 Å². The number of benzene rings is 1. The Kier molecular flexibility index (Phi) is 5.14. The van der Waals surface area contributed by atoms with Crippen molar-refractivity contribution in [3.05, 3.63) is 35.9 Å². The van der Waals surface area contributed by atoms with Gasteiger partial charge in [-0.05, 0) is 18.4 Å². The van der Waals surface area contributed by atoms with Gasteiger partial charge in [-0.3, -0.25) is 9.36 Å². The van der Waals surface area contributed by atoms with Crippen molar-refractivity contribution < 1.29 is 19.0 Å². The Balaban J connectivity index is 1.77. The van der Waals surface area contributed by atoms with Gasteiger partial charge in [-0.15, -0.1) is 0 Å². The summed E-state index contributed by atoms with van der Waals surface area (Å²) in [7, 11) is -2.25. The first-order chi connectivity index (χ1) is 9.16. The Morgan fingerprint density at radius 2 is 1.95 bits per heavy atom. The SMILES string of the molecule is O=C(O)C1CCN([PH](=O)OCc2ccccc2)CC1. The van der Waals surface area contributed by atoms with Gasteiger partial charge in [-0.1, -0.05) is 30.3 Å². The molecule has 1 atom stereocenters. The average molecular weight is 283 g/mol. The van der Waals surface area contributed by atoms with Crippen molar-refractivity contribution in [2.24, 2.45) is 5.92 Å². The van der Waals surface area contributed by atoms with Crippen molar-refractivity contribution in [3.63, 3.8) is 0 Å². The number of nitrogens with zero attached hydrogens (tertiary/aromatic N) is 1. The molecule has 0 spiro atoms. The minimum absolute atomic E-state index is 0.305. The summed E-state index contributed by atoms with van der Waals surface area (Å²) in [5.41, 5.74) is 0.987. The van der Waals surface area contributed by atoms with Gasteiger partial charge in [-0.2, -0.15) is 0 Å². The number of aliphatic carboxylic acids is 1. The number of rotatable bonds is 5. The Morgan fingerprint density at radius 3 is 2.53 bits per heavy atom. The molecule has 1 heterocycles. The molecule has 0 bridgehead atoms. The van der Waals surface area contributed by atoms with Crippen LogP contribution >= 0.6 is 8.18 Å². The molecule has 1 aromatic rings. The summed E-state index contributed by atoms with van der Waals surface area (Å²) in [6.07, 6.45) is 1.08. The third-order valence-electron chi connectivity index (χ3n) is 3.31. The highest BCUT2D eigenvalue weighted by Crippen LogP contribution is 2.34. The number of carboxylic acid groups (broad SMARTS) is 1. The van der Waals surface area contributed by atoms with Crippen molar-refractivity contribution >= 4 is 14.1 Å². The topological polar surface area (TPSA) is 66.8 Å². The predicted molar refractivity (Wildman–Crippen MR) is 72.2 cm³/mol. The molecule has 1 fully saturated rings. The second-order valence-electron chi connectivity index (χ2n) is 4.64. The fourth-order valence-electron chi connectivity index (χ4n) is 2.12. The van der Waals surface area contributed by atoms with Crippen LogP contribution in [-0.4, -0.2) is 28.8 Å². The van der Waals surface area contributed by atoms with Crippen LogP contribution in [0.5, 0.6) is 0 Å². The molecule has 104 valence electrons. The summed E-state index contributed by atoms with van der Waals surface area (Å²) in [5, 5.41) is 8.90. The zero-order valence-corrected chi connectivity index (χ0v) is 11.6. The molecule has 19 heavy (non-hydrogen) atoms. The highest BCUT2D eigenvalue weighted by molar-refractivity contribution is 7.36. The number of piperidine rings is 1. The largest absolute Gasteiger partial charge is 0.481 e. The van der Waals surface area contributed by atoms with Crippen LogP contribution in [0, 0.1) is 5.92 Å². The summed E-state index contributed by atoms with van der Waals surface area (Å²) < 4.78 is 19.1. The summed E-state index contributed by atoms with van der Waals surface area (Å²) in [5.74, 6) is -1.07. The van der Waals surface area contributed by atoms with Gasteiger partial charge in [0.25, 0.3) is 8.18 Å². The standard InChI is InChI=1S/C13H18NO4P/c15-13(16)12-6-8-14(9-7-12)19(17)18-10-11-4-2-1-3-5-11/h1-5,12,19H,6-10H2,(H,15,16). The maximum atomic E-state index is 12.0. The van der Waals surface area contributed by atoms with E-state index < -0.39 is 14.1 Å². The quantitative estimate of drug-likeness (QED) is 0.840. The van der Waals surface area contributed by atoms with Crippen molar-refractivity contribution in [1.29, 1.82) is 0 Å². The van der Waals surface area contributed by atoms with Crippen LogP contribution in [0.4, 0.5) is 0 Å². The third kappa shape index (κ3) is 4.16. The molecule has 6 heteroatoms. The molecule has 5 nitrogen and oxygen atoms in total. The maximum Gasteiger partial charge on any atom is 0.306 e. The number of carbonyl (C=O) groups is 1. The molecule has 0 radical (unpaired) electrons. The fraction of sp³-hybridized carbons (Fsp3) is 0.462. The molecular formula is C13H18NO4P. The van der Waals surface area contributed by atoms with Crippen molar-refractivity contribution in [3.8, 4) is 0 Å². The van der Waals surface area contributed by atoms with Gasteiger partial charge in [0.05, 0.1) is 12.5 Å². The smallest absolute Gasteiger partial charge is 0.306 e.